The molecule has 1 unspecified atom stereocenters. The van der Waals surface area contributed by atoms with Crippen molar-refractivity contribution in [2.75, 3.05) is 19.6 Å². The van der Waals surface area contributed by atoms with Crippen LogP contribution in [-0.4, -0.2) is 36.7 Å². The van der Waals surface area contributed by atoms with Crippen molar-refractivity contribution in [2.24, 2.45) is 11.3 Å². The van der Waals surface area contributed by atoms with E-state index in [1.54, 1.807) is 6.07 Å². The lowest BCUT2D eigenvalue weighted by molar-refractivity contribution is -0.0348. The summed E-state index contributed by atoms with van der Waals surface area (Å²) in [6, 6.07) is 9.59. The van der Waals surface area contributed by atoms with Crippen molar-refractivity contribution >= 4 is 6.09 Å². The van der Waals surface area contributed by atoms with Gasteiger partial charge in [0.2, 0.25) is 0 Å². The van der Waals surface area contributed by atoms with Gasteiger partial charge in [0.25, 0.3) is 0 Å². The minimum absolute atomic E-state index is 0.0563. The van der Waals surface area contributed by atoms with Crippen LogP contribution in [-0.2, 0) is 11.2 Å². The molecule has 1 aliphatic carbocycles. The van der Waals surface area contributed by atoms with Gasteiger partial charge in [0.1, 0.15) is 6.10 Å². The third-order valence-electron chi connectivity index (χ3n) is 7.26. The Bertz CT molecular complexity index is 1010. The van der Waals surface area contributed by atoms with Crippen molar-refractivity contribution in [1.29, 1.82) is 0 Å². The van der Waals surface area contributed by atoms with Gasteiger partial charge in [0.15, 0.2) is 11.6 Å². The highest BCUT2D eigenvalue weighted by molar-refractivity contribution is 5.70. The van der Waals surface area contributed by atoms with Crippen molar-refractivity contribution in [2.45, 2.75) is 45.3 Å². The molecular weight excluding hydrogens is 398 g/mol. The van der Waals surface area contributed by atoms with Crippen LogP contribution in [0.2, 0.25) is 0 Å². The molecule has 3 heterocycles. The molecule has 3 fully saturated rings. The van der Waals surface area contributed by atoms with E-state index in [-0.39, 0.29) is 23.1 Å². The van der Waals surface area contributed by atoms with Gasteiger partial charge in [-0.1, -0.05) is 38.1 Å². The second-order valence-electron chi connectivity index (χ2n) is 9.84. The molecule has 6 rings (SSSR count). The second kappa shape index (κ2) is 7.59. The van der Waals surface area contributed by atoms with Gasteiger partial charge in [-0.05, 0) is 72.5 Å². The zero-order valence-corrected chi connectivity index (χ0v) is 18.0. The maximum Gasteiger partial charge on any atom is 0.407 e. The summed E-state index contributed by atoms with van der Waals surface area (Å²) < 4.78 is 34.0. The van der Waals surface area contributed by atoms with Gasteiger partial charge in [-0.15, -0.1) is 0 Å². The lowest BCUT2D eigenvalue weighted by atomic mass is 9.85. The fourth-order valence-corrected chi connectivity index (χ4v) is 5.54. The van der Waals surface area contributed by atoms with E-state index in [1.165, 1.54) is 6.07 Å². The summed E-state index contributed by atoms with van der Waals surface area (Å²) in [6.45, 7) is 7.21. The topological polar surface area (TPSA) is 41.6 Å². The number of fused-ring (bicyclic) bond motifs is 4. The van der Waals surface area contributed by atoms with Crippen LogP contribution in [0.25, 0.3) is 11.1 Å². The number of amides is 1. The maximum absolute atomic E-state index is 14.4. The van der Waals surface area contributed by atoms with E-state index >= 15 is 0 Å². The Balaban J connectivity index is 1.38. The van der Waals surface area contributed by atoms with Crippen molar-refractivity contribution < 1.29 is 18.3 Å². The average Bonchev–Trinajstić information content (AvgIpc) is 3.00. The first-order chi connectivity index (χ1) is 14.8. The van der Waals surface area contributed by atoms with E-state index < -0.39 is 17.7 Å². The normalized spacial score (nSPS) is 28.3. The Hall–Kier alpha value is -2.47. The van der Waals surface area contributed by atoms with Crippen LogP contribution in [0.3, 0.4) is 0 Å². The van der Waals surface area contributed by atoms with Gasteiger partial charge < -0.3 is 10.1 Å². The Morgan fingerprint density at radius 3 is 2.65 bits per heavy atom. The number of hydrogen-bond donors (Lipinski definition) is 1. The van der Waals surface area contributed by atoms with Crippen LogP contribution in [0.1, 0.15) is 43.9 Å². The Labute approximate surface area is 181 Å². The molecule has 0 saturated carbocycles. The lowest BCUT2D eigenvalue weighted by Gasteiger charge is -2.44. The molecule has 164 valence electrons. The molecule has 4 nitrogen and oxygen atoms in total. The maximum atomic E-state index is 14.4. The molecule has 2 aromatic rings. The van der Waals surface area contributed by atoms with Crippen LogP contribution in [0.5, 0.6) is 0 Å². The van der Waals surface area contributed by atoms with Crippen LogP contribution in [0.15, 0.2) is 36.4 Å². The summed E-state index contributed by atoms with van der Waals surface area (Å²) in [5, 5.41) is 3.09. The molecule has 0 radical (unpaired) electrons. The third kappa shape index (κ3) is 3.71. The van der Waals surface area contributed by atoms with Crippen LogP contribution in [0, 0.1) is 23.0 Å². The predicted molar refractivity (Wildman–Crippen MR) is 115 cm³/mol. The molecule has 1 amide bonds. The molecule has 31 heavy (non-hydrogen) atoms. The van der Waals surface area contributed by atoms with Crippen molar-refractivity contribution in [3.63, 3.8) is 0 Å². The largest absolute Gasteiger partial charge is 0.445 e. The van der Waals surface area contributed by atoms with Crippen LogP contribution in [0.4, 0.5) is 13.6 Å². The number of benzene rings is 2. The number of carbonyl (C=O) groups is 1. The van der Waals surface area contributed by atoms with E-state index in [0.717, 1.165) is 56.1 Å². The van der Waals surface area contributed by atoms with Crippen LogP contribution < -0.4 is 5.32 Å². The van der Waals surface area contributed by atoms with Gasteiger partial charge in [-0.3, -0.25) is 4.90 Å². The quantitative estimate of drug-likeness (QED) is 0.745. The zero-order chi connectivity index (χ0) is 21.8. The highest BCUT2D eigenvalue weighted by Gasteiger charge is 2.42. The van der Waals surface area contributed by atoms with Crippen molar-refractivity contribution in [1.82, 2.24) is 10.2 Å². The summed E-state index contributed by atoms with van der Waals surface area (Å²) in [6.07, 6.45) is 2.50. The van der Waals surface area contributed by atoms with E-state index in [4.69, 9.17) is 4.74 Å². The SMILES string of the molecule is CC1(C)Cc2ccc(-c3cccc(F)c3F)cc2C1NC(=O)O[C@@H]1CN2CCC1CC2. The molecular formula is C25H28F2N2O2. The molecule has 1 N–H and O–H groups in total. The van der Waals surface area contributed by atoms with Gasteiger partial charge in [-0.2, -0.15) is 0 Å². The molecule has 3 aliphatic heterocycles. The molecule has 2 atom stereocenters. The molecule has 0 spiro atoms. The van der Waals surface area contributed by atoms with Gasteiger partial charge in [-0.25, -0.2) is 13.6 Å². The highest BCUT2D eigenvalue weighted by atomic mass is 19.2. The molecule has 2 bridgehead atoms. The zero-order valence-electron chi connectivity index (χ0n) is 18.0. The fourth-order valence-electron chi connectivity index (χ4n) is 5.54. The number of rotatable bonds is 3. The molecule has 4 aliphatic rings. The van der Waals surface area contributed by atoms with E-state index in [1.807, 2.05) is 18.2 Å². The van der Waals surface area contributed by atoms with Gasteiger partial charge >= 0.3 is 6.09 Å². The van der Waals surface area contributed by atoms with Crippen LogP contribution >= 0.6 is 0 Å². The average molecular weight is 427 g/mol. The number of ether oxygens (including phenoxy) is 1. The number of nitrogens with zero attached hydrogens (tertiary/aromatic N) is 1. The van der Waals surface area contributed by atoms with E-state index in [0.29, 0.717) is 11.5 Å². The predicted octanol–water partition coefficient (Wildman–Crippen LogP) is 5.08. The number of nitrogens with one attached hydrogen (secondary N) is 1. The third-order valence-corrected chi connectivity index (χ3v) is 7.26. The summed E-state index contributed by atoms with van der Waals surface area (Å²) >= 11 is 0. The number of hydrogen-bond acceptors (Lipinski definition) is 3. The van der Waals surface area contributed by atoms with Crippen molar-refractivity contribution in [3.05, 3.63) is 59.2 Å². The summed E-state index contributed by atoms with van der Waals surface area (Å²) in [4.78, 5) is 15.2. The summed E-state index contributed by atoms with van der Waals surface area (Å²) in [7, 11) is 0. The first-order valence-corrected chi connectivity index (χ1v) is 11.1. The minimum atomic E-state index is -0.867. The molecule has 0 aromatic heterocycles. The Kier molecular flexibility index (Phi) is 5.00. The Morgan fingerprint density at radius 1 is 1.16 bits per heavy atom. The van der Waals surface area contributed by atoms with Gasteiger partial charge in [0.05, 0.1) is 6.04 Å². The fraction of sp³-hybridized carbons (Fsp3) is 0.480. The number of alkyl carbamates (subject to hydrolysis) is 1. The van der Waals surface area contributed by atoms with Crippen molar-refractivity contribution in [3.8, 4) is 11.1 Å². The summed E-state index contributed by atoms with van der Waals surface area (Å²) in [5.41, 5.74) is 2.66. The number of piperidine rings is 3. The smallest absolute Gasteiger partial charge is 0.407 e. The molecule has 2 aromatic carbocycles. The first-order valence-electron chi connectivity index (χ1n) is 11.1. The number of carbonyl (C=O) groups excluding carboxylic acids is 1. The van der Waals surface area contributed by atoms with E-state index in [2.05, 4.69) is 24.1 Å². The standard InChI is InChI=1S/C25H28F2N2O2/c1-25(2)13-17-7-6-16(18-4-3-5-20(26)22(18)27)12-19(17)23(25)28-24(30)31-21-14-29-10-8-15(21)9-11-29/h3-7,12,15,21,23H,8-11,13-14H2,1-2H3,(H,28,30)/t21-,23?/m1/s1. The first kappa shape index (κ1) is 20.4. The number of halogens is 2. The van der Waals surface area contributed by atoms with E-state index in [9.17, 15) is 13.6 Å². The lowest BCUT2D eigenvalue weighted by Crippen LogP contribution is -2.53. The molecule has 3 saturated heterocycles. The van der Waals surface area contributed by atoms with Gasteiger partial charge in [0, 0.05) is 12.1 Å². The Morgan fingerprint density at radius 2 is 1.94 bits per heavy atom. The molecule has 6 heteroatoms. The second-order valence-corrected chi connectivity index (χ2v) is 9.84. The minimum Gasteiger partial charge on any atom is -0.445 e. The summed E-state index contributed by atoms with van der Waals surface area (Å²) in [5.74, 6) is -1.28. The highest BCUT2D eigenvalue weighted by Crippen LogP contribution is 2.46. The monoisotopic (exact) mass is 426 g/mol.